The summed E-state index contributed by atoms with van der Waals surface area (Å²) < 4.78 is 7.07. The Labute approximate surface area is 176 Å². The first-order valence-electron chi connectivity index (χ1n) is 10.00. The van der Waals surface area contributed by atoms with Gasteiger partial charge >= 0.3 is 5.97 Å². The maximum atomic E-state index is 13.6. The van der Waals surface area contributed by atoms with E-state index < -0.39 is 5.97 Å². The molecule has 152 valence electrons. The molecule has 0 saturated heterocycles. The predicted octanol–water partition coefficient (Wildman–Crippen LogP) is 4.27. The maximum absolute atomic E-state index is 13.6. The second-order valence-electron chi connectivity index (χ2n) is 7.54. The summed E-state index contributed by atoms with van der Waals surface area (Å²) in [5.41, 5.74) is 2.13. The van der Waals surface area contributed by atoms with E-state index in [2.05, 4.69) is 0 Å². The van der Waals surface area contributed by atoms with E-state index in [9.17, 15) is 9.59 Å². The average Bonchev–Trinajstić information content (AvgIpc) is 3.36. The number of aryl methyl sites for hydroxylation is 2. The zero-order chi connectivity index (χ0) is 20.7. The summed E-state index contributed by atoms with van der Waals surface area (Å²) in [6, 6.07) is 12.9. The minimum atomic E-state index is -1.13. The summed E-state index contributed by atoms with van der Waals surface area (Å²) in [6.07, 6.45) is 4.67. The van der Waals surface area contributed by atoms with Gasteiger partial charge in [0.1, 0.15) is 16.4 Å². The van der Waals surface area contributed by atoms with Crippen molar-refractivity contribution in [3.8, 4) is 0 Å². The standard InChI is InChI=1S/C23H20N2O4S/c26-22-20-16-8-4-5-9-18(16)30-21(20)24-19(12-14-6-2-1-3-7-14)25(22)13-15-10-11-17(29-15)23(27)28/h1-3,6-7,10-11H,4-5,8-9,12-13H2,(H,27,28). The molecule has 6 nitrogen and oxygen atoms in total. The number of carboxylic acids is 1. The van der Waals surface area contributed by atoms with Crippen molar-refractivity contribution in [3.63, 3.8) is 0 Å². The molecular formula is C23H20N2O4S. The van der Waals surface area contributed by atoms with E-state index in [1.165, 1.54) is 10.9 Å². The van der Waals surface area contributed by atoms with Crippen LogP contribution in [0.25, 0.3) is 10.2 Å². The van der Waals surface area contributed by atoms with Crippen LogP contribution in [0.1, 0.15) is 51.0 Å². The number of thiophene rings is 1. The number of furan rings is 1. The molecule has 1 aliphatic rings. The molecule has 30 heavy (non-hydrogen) atoms. The number of rotatable bonds is 5. The Kier molecular flexibility index (Phi) is 4.75. The fourth-order valence-corrected chi connectivity index (χ4v) is 5.36. The quantitative estimate of drug-likeness (QED) is 0.521. The van der Waals surface area contributed by atoms with Crippen molar-refractivity contribution in [2.24, 2.45) is 0 Å². The van der Waals surface area contributed by atoms with Crippen LogP contribution in [0.15, 0.2) is 51.7 Å². The number of fused-ring (bicyclic) bond motifs is 3. The lowest BCUT2D eigenvalue weighted by Crippen LogP contribution is -2.26. The number of nitrogens with zero attached hydrogens (tertiary/aromatic N) is 2. The van der Waals surface area contributed by atoms with Gasteiger partial charge in [-0.05, 0) is 48.9 Å². The van der Waals surface area contributed by atoms with Crippen molar-refractivity contribution >= 4 is 27.5 Å². The molecule has 7 heteroatoms. The van der Waals surface area contributed by atoms with Crippen molar-refractivity contribution < 1.29 is 14.3 Å². The second kappa shape index (κ2) is 7.57. The van der Waals surface area contributed by atoms with Crippen LogP contribution in [-0.2, 0) is 25.8 Å². The highest BCUT2D eigenvalue weighted by atomic mass is 32.1. The summed E-state index contributed by atoms with van der Waals surface area (Å²) in [6.45, 7) is 0.155. The van der Waals surface area contributed by atoms with Gasteiger partial charge in [0.15, 0.2) is 0 Å². The first-order chi connectivity index (χ1) is 14.6. The second-order valence-corrected chi connectivity index (χ2v) is 8.63. The molecule has 0 radical (unpaired) electrons. The van der Waals surface area contributed by atoms with Gasteiger partial charge in [0.2, 0.25) is 5.76 Å². The Morgan fingerprint density at radius 3 is 2.70 bits per heavy atom. The number of aromatic carboxylic acids is 1. The maximum Gasteiger partial charge on any atom is 0.371 e. The van der Waals surface area contributed by atoms with Crippen molar-refractivity contribution in [3.05, 3.63) is 86.2 Å². The van der Waals surface area contributed by atoms with Crippen LogP contribution in [0.4, 0.5) is 0 Å². The van der Waals surface area contributed by atoms with Crippen LogP contribution in [-0.4, -0.2) is 20.6 Å². The van der Waals surface area contributed by atoms with Crippen molar-refractivity contribution in [1.29, 1.82) is 0 Å². The molecule has 0 spiro atoms. The number of hydrogen-bond acceptors (Lipinski definition) is 5. The van der Waals surface area contributed by atoms with E-state index in [4.69, 9.17) is 14.5 Å². The van der Waals surface area contributed by atoms with Gasteiger partial charge in [-0.3, -0.25) is 9.36 Å². The van der Waals surface area contributed by atoms with E-state index in [1.807, 2.05) is 30.3 Å². The predicted molar refractivity (Wildman–Crippen MR) is 115 cm³/mol. The minimum Gasteiger partial charge on any atom is -0.475 e. The molecule has 0 atom stereocenters. The van der Waals surface area contributed by atoms with Crippen LogP contribution in [0.2, 0.25) is 0 Å². The van der Waals surface area contributed by atoms with E-state index in [0.29, 0.717) is 18.0 Å². The molecule has 5 rings (SSSR count). The highest BCUT2D eigenvalue weighted by Crippen LogP contribution is 2.34. The molecule has 3 aromatic heterocycles. The summed E-state index contributed by atoms with van der Waals surface area (Å²) in [5.74, 6) is -0.178. The highest BCUT2D eigenvalue weighted by Gasteiger charge is 2.23. The zero-order valence-electron chi connectivity index (χ0n) is 16.3. The summed E-state index contributed by atoms with van der Waals surface area (Å²) >= 11 is 1.64. The monoisotopic (exact) mass is 420 g/mol. The molecule has 1 N–H and O–H groups in total. The fraction of sp³-hybridized carbons (Fsp3) is 0.261. The number of aromatic nitrogens is 2. The van der Waals surface area contributed by atoms with Gasteiger partial charge in [-0.2, -0.15) is 0 Å². The van der Waals surface area contributed by atoms with Gasteiger partial charge < -0.3 is 9.52 Å². The first-order valence-corrected chi connectivity index (χ1v) is 10.8. The Balaban J connectivity index is 1.66. The molecular weight excluding hydrogens is 400 g/mol. The Hall–Kier alpha value is -3.19. The number of benzene rings is 1. The minimum absolute atomic E-state index is 0.0707. The largest absolute Gasteiger partial charge is 0.475 e. The lowest BCUT2D eigenvalue weighted by Gasteiger charge is -2.13. The molecule has 0 aliphatic heterocycles. The molecule has 0 fully saturated rings. The third kappa shape index (κ3) is 3.35. The SMILES string of the molecule is O=C(O)c1ccc(Cn2c(Cc3ccccc3)nc3sc4c(c3c2=O)CCCC4)o1. The summed E-state index contributed by atoms with van der Waals surface area (Å²) in [5, 5.41) is 9.86. The van der Waals surface area contributed by atoms with E-state index in [0.717, 1.165) is 47.0 Å². The third-order valence-corrected chi connectivity index (χ3v) is 6.73. The molecule has 0 unspecified atom stereocenters. The molecule has 0 bridgehead atoms. The van der Waals surface area contributed by atoms with E-state index >= 15 is 0 Å². The van der Waals surface area contributed by atoms with Gasteiger partial charge in [-0.25, -0.2) is 9.78 Å². The Morgan fingerprint density at radius 1 is 1.13 bits per heavy atom. The molecule has 0 amide bonds. The van der Waals surface area contributed by atoms with Crippen LogP contribution in [0.5, 0.6) is 0 Å². The number of hydrogen-bond donors (Lipinski definition) is 1. The lowest BCUT2D eigenvalue weighted by molar-refractivity contribution is 0.0660. The number of carbonyl (C=O) groups is 1. The van der Waals surface area contributed by atoms with E-state index in [1.54, 1.807) is 22.0 Å². The van der Waals surface area contributed by atoms with Crippen molar-refractivity contribution in [1.82, 2.24) is 9.55 Å². The van der Waals surface area contributed by atoms with Gasteiger partial charge in [-0.15, -0.1) is 11.3 Å². The average molecular weight is 420 g/mol. The third-order valence-electron chi connectivity index (χ3n) is 5.55. The number of carboxylic acid groups (broad SMARTS) is 1. The molecule has 1 aromatic carbocycles. The lowest BCUT2D eigenvalue weighted by atomic mass is 9.97. The molecule has 3 heterocycles. The smallest absolute Gasteiger partial charge is 0.371 e. The Morgan fingerprint density at radius 2 is 1.93 bits per heavy atom. The fourth-order valence-electron chi connectivity index (χ4n) is 4.09. The van der Waals surface area contributed by atoms with Crippen LogP contribution < -0.4 is 5.56 Å². The normalized spacial score (nSPS) is 13.5. The first kappa shape index (κ1) is 18.8. The summed E-state index contributed by atoms with van der Waals surface area (Å²) in [7, 11) is 0. The topological polar surface area (TPSA) is 85.3 Å². The zero-order valence-corrected chi connectivity index (χ0v) is 17.1. The highest BCUT2D eigenvalue weighted by molar-refractivity contribution is 7.18. The molecule has 4 aromatic rings. The van der Waals surface area contributed by atoms with Crippen LogP contribution >= 0.6 is 11.3 Å². The van der Waals surface area contributed by atoms with E-state index in [-0.39, 0.29) is 17.9 Å². The van der Waals surface area contributed by atoms with Gasteiger partial charge in [0, 0.05) is 11.3 Å². The Bertz CT molecular complexity index is 1300. The van der Waals surface area contributed by atoms with Gasteiger partial charge in [-0.1, -0.05) is 30.3 Å². The van der Waals surface area contributed by atoms with Crippen LogP contribution in [0, 0.1) is 0 Å². The van der Waals surface area contributed by atoms with Crippen molar-refractivity contribution in [2.45, 2.75) is 38.6 Å². The summed E-state index contributed by atoms with van der Waals surface area (Å²) in [4.78, 5) is 31.7. The van der Waals surface area contributed by atoms with Gasteiger partial charge in [0.05, 0.1) is 11.9 Å². The molecule has 0 saturated carbocycles. The molecule has 1 aliphatic carbocycles. The van der Waals surface area contributed by atoms with Crippen molar-refractivity contribution in [2.75, 3.05) is 0 Å². The van der Waals surface area contributed by atoms with Crippen LogP contribution in [0.3, 0.4) is 0 Å². The van der Waals surface area contributed by atoms with Gasteiger partial charge in [0.25, 0.3) is 5.56 Å².